The van der Waals surface area contributed by atoms with Crippen LogP contribution in [0.1, 0.15) is 5.56 Å². The topological polar surface area (TPSA) is 43.4 Å². The van der Waals surface area contributed by atoms with Crippen molar-refractivity contribution in [3.05, 3.63) is 23.8 Å². The zero-order valence-corrected chi connectivity index (χ0v) is 9.32. The van der Waals surface area contributed by atoms with Crippen LogP contribution in [0.5, 0.6) is 5.75 Å². The standard InChI is InChI=1S/C8H8BF3O3S/c1-5-2-3-6(9)4-7(5)15-16(13,14)8(10,11)12/h2-4H,9H2,1H3. The zero-order valence-electron chi connectivity index (χ0n) is 8.50. The van der Waals surface area contributed by atoms with E-state index in [1.54, 1.807) is 13.9 Å². The van der Waals surface area contributed by atoms with Crippen molar-refractivity contribution in [1.29, 1.82) is 0 Å². The smallest absolute Gasteiger partial charge is 0.376 e. The molecule has 88 valence electrons. The summed E-state index contributed by atoms with van der Waals surface area (Å²) in [7, 11) is -3.97. The molecule has 0 fully saturated rings. The third-order valence-electron chi connectivity index (χ3n) is 1.83. The van der Waals surface area contributed by atoms with Gasteiger partial charge in [-0.2, -0.15) is 21.6 Å². The first-order chi connectivity index (χ1) is 7.13. The minimum atomic E-state index is -5.59. The Morgan fingerprint density at radius 1 is 1.31 bits per heavy atom. The summed E-state index contributed by atoms with van der Waals surface area (Å²) in [6, 6.07) is 4.36. The largest absolute Gasteiger partial charge is 0.534 e. The van der Waals surface area contributed by atoms with E-state index in [-0.39, 0.29) is 5.75 Å². The number of benzene rings is 1. The van der Waals surface area contributed by atoms with Gasteiger partial charge in [-0.25, -0.2) is 0 Å². The van der Waals surface area contributed by atoms with Gasteiger partial charge in [0.25, 0.3) is 0 Å². The van der Waals surface area contributed by atoms with Crippen molar-refractivity contribution in [2.45, 2.75) is 12.4 Å². The first kappa shape index (κ1) is 12.9. The molecule has 0 amide bonds. The molecule has 0 radical (unpaired) electrons. The third kappa shape index (κ3) is 2.69. The van der Waals surface area contributed by atoms with Crippen molar-refractivity contribution < 1.29 is 25.8 Å². The average molecular weight is 252 g/mol. The van der Waals surface area contributed by atoms with Gasteiger partial charge in [0.05, 0.1) is 0 Å². The molecule has 1 aromatic carbocycles. The number of halogens is 3. The maximum absolute atomic E-state index is 12.0. The van der Waals surface area contributed by atoms with Gasteiger partial charge in [0.15, 0.2) is 0 Å². The predicted octanol–water partition coefficient (Wildman–Crippen LogP) is 0.482. The molecule has 1 aromatic rings. The third-order valence-corrected chi connectivity index (χ3v) is 2.79. The Morgan fingerprint density at radius 2 is 1.88 bits per heavy atom. The molecule has 0 heterocycles. The molecule has 0 saturated carbocycles. The number of hydrogen-bond donors (Lipinski definition) is 0. The van der Waals surface area contributed by atoms with E-state index in [0.29, 0.717) is 11.0 Å². The van der Waals surface area contributed by atoms with Crippen LogP contribution in [0.4, 0.5) is 13.2 Å². The molecule has 8 heteroatoms. The summed E-state index contributed by atoms with van der Waals surface area (Å²) < 4.78 is 61.6. The fourth-order valence-electron chi connectivity index (χ4n) is 0.963. The highest BCUT2D eigenvalue weighted by Gasteiger charge is 2.48. The Kier molecular flexibility index (Phi) is 3.23. The summed E-state index contributed by atoms with van der Waals surface area (Å²) in [6.45, 7) is 1.46. The summed E-state index contributed by atoms with van der Waals surface area (Å²) in [5, 5.41) is 0. The molecule has 0 atom stereocenters. The van der Waals surface area contributed by atoms with Crippen LogP contribution >= 0.6 is 0 Å². The van der Waals surface area contributed by atoms with Crippen molar-refractivity contribution in [3.8, 4) is 5.75 Å². The summed E-state index contributed by atoms with van der Waals surface area (Å²) in [5.41, 5.74) is -4.49. The van der Waals surface area contributed by atoms with Crippen LogP contribution in [0, 0.1) is 6.92 Å². The molecule has 0 saturated heterocycles. The number of rotatable bonds is 2. The number of hydrogen-bond acceptors (Lipinski definition) is 3. The van der Waals surface area contributed by atoms with E-state index in [1.807, 2.05) is 0 Å². The van der Waals surface area contributed by atoms with Crippen LogP contribution in [0.3, 0.4) is 0 Å². The van der Waals surface area contributed by atoms with E-state index in [2.05, 4.69) is 4.18 Å². The maximum atomic E-state index is 12.0. The molecule has 0 bridgehead atoms. The van der Waals surface area contributed by atoms with Gasteiger partial charge in [-0.3, -0.25) is 0 Å². The van der Waals surface area contributed by atoms with Crippen molar-refractivity contribution in [3.63, 3.8) is 0 Å². The fraction of sp³-hybridized carbons (Fsp3) is 0.250. The van der Waals surface area contributed by atoms with Gasteiger partial charge in [-0.1, -0.05) is 17.6 Å². The van der Waals surface area contributed by atoms with Gasteiger partial charge in [0, 0.05) is 0 Å². The molecule has 1 rings (SSSR count). The van der Waals surface area contributed by atoms with Gasteiger partial charge >= 0.3 is 15.6 Å². The highest BCUT2D eigenvalue weighted by molar-refractivity contribution is 7.88. The number of aryl methyl sites for hydroxylation is 1. The average Bonchev–Trinajstić information content (AvgIpc) is 2.09. The molecule has 0 aliphatic heterocycles. The van der Waals surface area contributed by atoms with Gasteiger partial charge in [0.1, 0.15) is 13.6 Å². The molecular formula is C8H8BF3O3S. The molecular weight excluding hydrogens is 244 g/mol. The zero-order chi connectivity index (χ0) is 12.6. The maximum Gasteiger partial charge on any atom is 0.534 e. The second kappa shape index (κ2) is 4.01. The van der Waals surface area contributed by atoms with E-state index < -0.39 is 15.6 Å². The highest BCUT2D eigenvalue weighted by atomic mass is 32.2. The molecule has 0 N–H and O–H groups in total. The second-order valence-electron chi connectivity index (χ2n) is 3.25. The van der Waals surface area contributed by atoms with Crippen LogP contribution in [-0.2, 0) is 10.1 Å². The van der Waals surface area contributed by atoms with Gasteiger partial charge in [-0.15, -0.1) is 0 Å². The Hall–Kier alpha value is -1.18. The van der Waals surface area contributed by atoms with Gasteiger partial charge in [-0.05, 0) is 18.6 Å². The molecule has 0 unspecified atom stereocenters. The molecule has 0 aliphatic rings. The molecule has 3 nitrogen and oxygen atoms in total. The Bertz CT molecular complexity index is 496. The summed E-state index contributed by atoms with van der Waals surface area (Å²) in [5.74, 6) is -0.308. The van der Waals surface area contributed by atoms with Crippen LogP contribution in [0.2, 0.25) is 0 Å². The van der Waals surface area contributed by atoms with Gasteiger partial charge in [0.2, 0.25) is 0 Å². The first-order valence-electron chi connectivity index (χ1n) is 4.21. The van der Waals surface area contributed by atoms with E-state index in [9.17, 15) is 21.6 Å². The number of alkyl halides is 3. The fourth-order valence-corrected chi connectivity index (χ4v) is 1.47. The lowest BCUT2D eigenvalue weighted by Gasteiger charge is -2.11. The van der Waals surface area contributed by atoms with Crippen molar-refractivity contribution in [2.75, 3.05) is 0 Å². The van der Waals surface area contributed by atoms with E-state index >= 15 is 0 Å². The molecule has 0 aliphatic carbocycles. The quantitative estimate of drug-likeness (QED) is 0.437. The Labute approximate surface area is 91.8 Å². The highest BCUT2D eigenvalue weighted by Crippen LogP contribution is 2.27. The van der Waals surface area contributed by atoms with Gasteiger partial charge < -0.3 is 4.18 Å². The normalized spacial score (nSPS) is 12.5. The molecule has 16 heavy (non-hydrogen) atoms. The van der Waals surface area contributed by atoms with Crippen LogP contribution in [0.15, 0.2) is 18.2 Å². The monoisotopic (exact) mass is 252 g/mol. The first-order valence-corrected chi connectivity index (χ1v) is 5.62. The predicted molar refractivity (Wildman–Crippen MR) is 55.0 cm³/mol. The lowest BCUT2D eigenvalue weighted by atomic mass is 9.95. The minimum Gasteiger partial charge on any atom is -0.376 e. The van der Waals surface area contributed by atoms with E-state index in [0.717, 1.165) is 0 Å². The van der Waals surface area contributed by atoms with Crippen LogP contribution < -0.4 is 9.65 Å². The van der Waals surface area contributed by atoms with Crippen molar-refractivity contribution in [1.82, 2.24) is 0 Å². The van der Waals surface area contributed by atoms with Crippen molar-refractivity contribution >= 4 is 23.4 Å². The Morgan fingerprint density at radius 3 is 2.38 bits per heavy atom. The molecule has 0 spiro atoms. The lowest BCUT2D eigenvalue weighted by molar-refractivity contribution is -0.0500. The summed E-state index contributed by atoms with van der Waals surface area (Å²) >= 11 is 0. The van der Waals surface area contributed by atoms with Crippen LogP contribution in [0.25, 0.3) is 0 Å². The second-order valence-corrected chi connectivity index (χ2v) is 4.79. The van der Waals surface area contributed by atoms with E-state index in [4.69, 9.17) is 0 Å². The summed E-state index contributed by atoms with van der Waals surface area (Å²) in [6.07, 6.45) is 0. The van der Waals surface area contributed by atoms with Crippen LogP contribution in [-0.4, -0.2) is 21.8 Å². The summed E-state index contributed by atoms with van der Waals surface area (Å²) in [4.78, 5) is 0. The van der Waals surface area contributed by atoms with E-state index in [1.165, 1.54) is 19.1 Å². The Balaban J connectivity index is 3.11. The SMILES string of the molecule is Bc1ccc(C)c(OS(=O)(=O)C(F)(F)F)c1. The van der Waals surface area contributed by atoms with Crippen molar-refractivity contribution in [2.24, 2.45) is 0 Å². The molecule has 0 aromatic heterocycles. The lowest BCUT2D eigenvalue weighted by Crippen LogP contribution is -2.28. The minimum absolute atomic E-state index is 0.308.